The van der Waals surface area contributed by atoms with Crippen molar-refractivity contribution in [3.63, 3.8) is 0 Å². The Kier molecular flexibility index (Phi) is 75.6. The number of hydrogen-bond donors (Lipinski definition) is 4. The van der Waals surface area contributed by atoms with Gasteiger partial charge in [-0.3, -0.25) is 32.5 Å². The minimum absolute atomic E-state index is 0.0797. The first-order chi connectivity index (χ1) is 51.2. The summed E-state index contributed by atoms with van der Waals surface area (Å²) in [7, 11) is -9.80. The molecule has 0 saturated carbocycles. The molecule has 0 saturated heterocycles. The standard InChI is InChI=1S/C87H148O16P2/c1-4-7-10-13-16-19-22-25-28-30-32-33-34-35-36-37-38-39-40-41-42-43-44-45-46-47-49-51-53-55-58-61-64-67-70-73-85(90)97-76-82(88)77-99-104(93,94)100-78-83(89)79-101-105(95,96)102-81-84(103-87(92)75-72-69-66-63-60-57-52-27-24-21-18-15-12-9-6-3)80-98-86(91)74-71-68-65-62-59-56-54-50-48-31-29-26-23-20-17-14-11-8-5-2/h7,9-10,12,16-21,25-29,32-33,35-36,38-39,48,50,52,82-84,88-89H,4-6,8,11,13-15,22-24,30-31,34,37,40-47,49,51,53-81H2,1-3H3,(H,93,94)(H,95,96)/b10-7-,12-9-,19-16-,20-17-,21-18-,28-25-,29-26-,33-32-,36-35-,39-38-,50-48-,52-27-. The fourth-order valence-corrected chi connectivity index (χ4v) is 12.4. The summed E-state index contributed by atoms with van der Waals surface area (Å²) in [6.07, 6.45) is 97.7. The number of esters is 3. The van der Waals surface area contributed by atoms with E-state index in [2.05, 4.69) is 167 Å². The molecule has 0 rings (SSSR count). The maximum absolute atomic E-state index is 13.0. The monoisotopic (exact) mass is 1510 g/mol. The number of unbranched alkanes of at least 4 members (excludes halogenated alkanes) is 30. The predicted molar refractivity (Wildman–Crippen MR) is 436 cm³/mol. The van der Waals surface area contributed by atoms with Gasteiger partial charge in [0.15, 0.2) is 6.10 Å². The molecule has 5 atom stereocenters. The van der Waals surface area contributed by atoms with Gasteiger partial charge in [0.1, 0.15) is 25.4 Å². The van der Waals surface area contributed by atoms with E-state index in [1.54, 1.807) is 0 Å². The highest BCUT2D eigenvalue weighted by atomic mass is 31.2. The van der Waals surface area contributed by atoms with Crippen molar-refractivity contribution in [2.75, 3.05) is 39.6 Å². The van der Waals surface area contributed by atoms with E-state index >= 15 is 0 Å². The van der Waals surface area contributed by atoms with Crippen LogP contribution in [0.25, 0.3) is 0 Å². The molecule has 0 aromatic heterocycles. The van der Waals surface area contributed by atoms with Gasteiger partial charge in [0.25, 0.3) is 0 Å². The molecule has 0 heterocycles. The minimum atomic E-state index is -4.94. The van der Waals surface area contributed by atoms with Crippen molar-refractivity contribution in [1.29, 1.82) is 0 Å². The van der Waals surface area contributed by atoms with Crippen LogP contribution in [0.3, 0.4) is 0 Å². The van der Waals surface area contributed by atoms with Crippen LogP contribution in [-0.2, 0) is 55.8 Å². The third-order valence-corrected chi connectivity index (χ3v) is 18.9. The molecule has 0 bridgehead atoms. The molecule has 0 aliphatic carbocycles. The van der Waals surface area contributed by atoms with E-state index in [1.807, 2.05) is 0 Å². The zero-order valence-electron chi connectivity index (χ0n) is 65.9. The number of allylic oxidation sites excluding steroid dienone is 24. The summed E-state index contributed by atoms with van der Waals surface area (Å²) < 4.78 is 61.1. The Morgan fingerprint density at radius 2 is 0.505 bits per heavy atom. The molecule has 18 heteroatoms. The maximum Gasteiger partial charge on any atom is 0.472 e. The summed E-state index contributed by atoms with van der Waals surface area (Å²) in [5.41, 5.74) is 0. The Morgan fingerprint density at radius 1 is 0.276 bits per heavy atom. The summed E-state index contributed by atoms with van der Waals surface area (Å²) in [6.45, 7) is 2.40. The van der Waals surface area contributed by atoms with Crippen molar-refractivity contribution in [3.8, 4) is 0 Å². The number of carbonyl (C=O) groups is 3. The van der Waals surface area contributed by atoms with Gasteiger partial charge >= 0.3 is 33.6 Å². The number of aliphatic hydroxyl groups is 2. The zero-order chi connectivity index (χ0) is 76.6. The second kappa shape index (κ2) is 79.0. The SMILES string of the molecule is CC/C=C\C/C=C\C/C=C\C/C=C\C/C=C\C/C=C\CCCCCCCCCCCCCCCCCCC(=O)OCC(O)COP(=O)(O)OCC(O)COP(=O)(O)OCC(COC(=O)CCCCCCCC/C=C\C/C=C\C/C=C\CCCCC)OC(=O)CCCCCCC/C=C\C/C=C\C/C=C\CC. The number of aliphatic hydroxyl groups excluding tert-OH is 2. The van der Waals surface area contributed by atoms with Crippen LogP contribution in [0.1, 0.15) is 329 Å². The first kappa shape index (κ1) is 100. The van der Waals surface area contributed by atoms with Crippen molar-refractivity contribution in [2.45, 2.75) is 347 Å². The third kappa shape index (κ3) is 80.3. The lowest BCUT2D eigenvalue weighted by Crippen LogP contribution is -2.30. The molecule has 5 unspecified atom stereocenters. The number of ether oxygens (including phenoxy) is 3. The van der Waals surface area contributed by atoms with E-state index in [1.165, 1.54) is 103 Å². The van der Waals surface area contributed by atoms with Crippen molar-refractivity contribution in [2.24, 2.45) is 0 Å². The van der Waals surface area contributed by atoms with Gasteiger partial charge in [0.2, 0.25) is 0 Å². The van der Waals surface area contributed by atoms with Crippen molar-refractivity contribution in [1.82, 2.24) is 0 Å². The molecular weight excluding hydrogens is 1360 g/mol. The van der Waals surface area contributed by atoms with Crippen LogP contribution in [0.15, 0.2) is 146 Å². The lowest BCUT2D eigenvalue weighted by atomic mass is 10.0. The fourth-order valence-electron chi connectivity index (χ4n) is 10.8. The van der Waals surface area contributed by atoms with Crippen molar-refractivity contribution < 1.29 is 75.8 Å². The van der Waals surface area contributed by atoms with E-state index in [0.717, 1.165) is 167 Å². The zero-order valence-corrected chi connectivity index (χ0v) is 67.6. The van der Waals surface area contributed by atoms with E-state index < -0.39 is 91.5 Å². The van der Waals surface area contributed by atoms with Crippen LogP contribution in [-0.4, -0.2) is 95.9 Å². The molecule has 0 fully saturated rings. The van der Waals surface area contributed by atoms with Gasteiger partial charge < -0.3 is 34.2 Å². The number of phosphoric ester groups is 2. The lowest BCUT2D eigenvalue weighted by molar-refractivity contribution is -0.161. The molecule has 105 heavy (non-hydrogen) atoms. The van der Waals surface area contributed by atoms with Gasteiger partial charge in [-0.1, -0.05) is 314 Å². The van der Waals surface area contributed by atoms with Crippen LogP contribution in [0.5, 0.6) is 0 Å². The van der Waals surface area contributed by atoms with Crippen molar-refractivity contribution >= 4 is 33.6 Å². The predicted octanol–water partition coefficient (Wildman–Crippen LogP) is 24.4. The number of carbonyl (C=O) groups excluding carboxylic acids is 3. The van der Waals surface area contributed by atoms with E-state index in [0.29, 0.717) is 19.3 Å². The van der Waals surface area contributed by atoms with Crippen molar-refractivity contribution in [3.05, 3.63) is 146 Å². The number of phosphoric acid groups is 2. The van der Waals surface area contributed by atoms with Crippen LogP contribution in [0.4, 0.5) is 0 Å². The average molecular weight is 1510 g/mol. The molecule has 4 N–H and O–H groups in total. The molecule has 0 aliphatic heterocycles. The van der Waals surface area contributed by atoms with Gasteiger partial charge in [0.05, 0.1) is 26.4 Å². The Morgan fingerprint density at radius 3 is 0.800 bits per heavy atom. The Hall–Kier alpha value is -4.57. The molecule has 16 nitrogen and oxygen atoms in total. The summed E-state index contributed by atoms with van der Waals surface area (Å²) in [5, 5.41) is 20.7. The quantitative estimate of drug-likeness (QED) is 0.0146. The first-order valence-corrected chi connectivity index (χ1v) is 44.1. The van der Waals surface area contributed by atoms with Crippen LogP contribution in [0.2, 0.25) is 0 Å². The summed E-state index contributed by atoms with van der Waals surface area (Å²) in [4.78, 5) is 58.7. The molecule has 0 amide bonds. The summed E-state index contributed by atoms with van der Waals surface area (Å²) in [6, 6.07) is 0. The van der Waals surface area contributed by atoms with E-state index in [9.17, 15) is 43.5 Å². The van der Waals surface area contributed by atoms with E-state index in [-0.39, 0.29) is 19.3 Å². The van der Waals surface area contributed by atoms with Gasteiger partial charge in [0, 0.05) is 19.3 Å². The summed E-state index contributed by atoms with van der Waals surface area (Å²) in [5.74, 6) is -1.61. The Bertz CT molecular complexity index is 2490. The smallest absolute Gasteiger partial charge is 0.463 e. The van der Waals surface area contributed by atoms with Gasteiger partial charge in [-0.2, -0.15) is 0 Å². The van der Waals surface area contributed by atoms with Crippen LogP contribution < -0.4 is 0 Å². The largest absolute Gasteiger partial charge is 0.472 e. The minimum Gasteiger partial charge on any atom is -0.463 e. The highest BCUT2D eigenvalue weighted by Gasteiger charge is 2.29. The van der Waals surface area contributed by atoms with Crippen LogP contribution >= 0.6 is 15.6 Å². The third-order valence-electron chi connectivity index (χ3n) is 17.0. The second-order valence-corrected chi connectivity index (χ2v) is 30.1. The molecular formula is C87H148O16P2. The maximum atomic E-state index is 13.0. The highest BCUT2D eigenvalue weighted by Crippen LogP contribution is 2.45. The number of hydrogen-bond acceptors (Lipinski definition) is 14. The molecule has 602 valence electrons. The highest BCUT2D eigenvalue weighted by molar-refractivity contribution is 7.47. The Balaban J connectivity index is 4.43. The lowest BCUT2D eigenvalue weighted by Gasteiger charge is -2.21. The second-order valence-electron chi connectivity index (χ2n) is 27.2. The molecule has 0 spiro atoms. The molecule has 0 aromatic rings. The topological polar surface area (TPSA) is 231 Å². The Labute approximate surface area is 638 Å². The normalized spacial score (nSPS) is 14.7. The van der Waals surface area contributed by atoms with E-state index in [4.69, 9.17) is 32.3 Å². The average Bonchev–Trinajstić information content (AvgIpc) is 0.942. The van der Waals surface area contributed by atoms with Crippen LogP contribution in [0, 0.1) is 0 Å². The van der Waals surface area contributed by atoms with Gasteiger partial charge in [-0.05, 0) is 141 Å². The molecule has 0 aliphatic rings. The molecule has 0 radical (unpaired) electrons. The molecule has 0 aromatic carbocycles. The van der Waals surface area contributed by atoms with Gasteiger partial charge in [-0.25, -0.2) is 9.13 Å². The fraction of sp³-hybridized carbons (Fsp3) is 0.690. The number of rotatable bonds is 77. The first-order valence-electron chi connectivity index (χ1n) is 41.1. The summed E-state index contributed by atoms with van der Waals surface area (Å²) >= 11 is 0. The van der Waals surface area contributed by atoms with Gasteiger partial charge in [-0.15, -0.1) is 0 Å².